The van der Waals surface area contributed by atoms with Gasteiger partial charge in [0.15, 0.2) is 0 Å². The predicted molar refractivity (Wildman–Crippen MR) is 63.8 cm³/mol. The molecule has 0 saturated carbocycles. The molecule has 1 heterocycles. The summed E-state index contributed by atoms with van der Waals surface area (Å²) < 4.78 is 5.07. The number of rotatable bonds is 3. The third-order valence-corrected chi connectivity index (χ3v) is 2.54. The smallest absolute Gasteiger partial charge is 0.259 e. The van der Waals surface area contributed by atoms with Crippen molar-refractivity contribution in [3.8, 4) is 0 Å². The van der Waals surface area contributed by atoms with Gasteiger partial charge in [0.05, 0.1) is 18.4 Å². The molecule has 0 aliphatic heterocycles. The van der Waals surface area contributed by atoms with Gasteiger partial charge in [0.25, 0.3) is 5.91 Å². The van der Waals surface area contributed by atoms with E-state index in [1.165, 1.54) is 6.26 Å². The zero-order valence-corrected chi connectivity index (χ0v) is 9.43. The summed E-state index contributed by atoms with van der Waals surface area (Å²) in [6, 6.07) is 8.74. The molecule has 0 aliphatic rings. The second-order valence-electron chi connectivity index (χ2n) is 3.66. The lowest BCUT2D eigenvalue weighted by molar-refractivity contribution is 0.102. The first-order valence-corrected chi connectivity index (χ1v) is 5.26. The molecule has 1 amide bonds. The van der Waals surface area contributed by atoms with Crippen molar-refractivity contribution in [2.75, 3.05) is 5.32 Å². The Bertz CT molecular complexity index is 531. The molecule has 0 aliphatic carbocycles. The van der Waals surface area contributed by atoms with Crippen molar-refractivity contribution in [1.82, 2.24) is 0 Å². The lowest BCUT2D eigenvalue weighted by Gasteiger charge is -2.08. The van der Waals surface area contributed by atoms with E-state index in [9.17, 15) is 4.79 Å². The van der Waals surface area contributed by atoms with Crippen molar-refractivity contribution in [2.45, 2.75) is 13.5 Å². The van der Waals surface area contributed by atoms with E-state index in [0.717, 1.165) is 0 Å². The zero-order chi connectivity index (χ0) is 12.3. The highest BCUT2D eigenvalue weighted by atomic mass is 16.3. The van der Waals surface area contributed by atoms with Gasteiger partial charge >= 0.3 is 0 Å². The minimum Gasteiger partial charge on any atom is -0.469 e. The number of furan rings is 1. The maximum absolute atomic E-state index is 11.9. The molecular formula is C13H13NO3. The first-order valence-electron chi connectivity index (χ1n) is 5.26. The first kappa shape index (κ1) is 11.4. The van der Waals surface area contributed by atoms with Crippen LogP contribution in [-0.4, -0.2) is 11.0 Å². The van der Waals surface area contributed by atoms with Crippen LogP contribution >= 0.6 is 0 Å². The van der Waals surface area contributed by atoms with Crippen molar-refractivity contribution in [3.63, 3.8) is 0 Å². The van der Waals surface area contributed by atoms with Crippen molar-refractivity contribution >= 4 is 11.6 Å². The van der Waals surface area contributed by atoms with E-state index in [2.05, 4.69) is 5.32 Å². The van der Waals surface area contributed by atoms with Crippen LogP contribution in [0.1, 0.15) is 21.7 Å². The summed E-state index contributed by atoms with van der Waals surface area (Å²) in [5.41, 5.74) is 1.79. The molecule has 0 fully saturated rings. The molecule has 2 rings (SSSR count). The van der Waals surface area contributed by atoms with Gasteiger partial charge in [0, 0.05) is 11.3 Å². The molecule has 0 atom stereocenters. The summed E-state index contributed by atoms with van der Waals surface area (Å²) in [7, 11) is 0. The fraction of sp³-hybridized carbons (Fsp3) is 0.154. The fourth-order valence-corrected chi connectivity index (χ4v) is 1.59. The lowest BCUT2D eigenvalue weighted by Crippen LogP contribution is -2.13. The Kier molecular flexibility index (Phi) is 3.25. The molecule has 1 aromatic heterocycles. The molecule has 4 heteroatoms. The number of aliphatic hydroxyl groups excluding tert-OH is 1. The minimum absolute atomic E-state index is 0.110. The molecular weight excluding hydrogens is 218 g/mol. The Labute approximate surface area is 98.9 Å². The second kappa shape index (κ2) is 4.84. The summed E-state index contributed by atoms with van der Waals surface area (Å²) in [4.78, 5) is 11.9. The van der Waals surface area contributed by atoms with E-state index in [4.69, 9.17) is 9.52 Å². The highest BCUT2D eigenvalue weighted by Gasteiger charge is 2.12. The molecule has 2 aromatic rings. The van der Waals surface area contributed by atoms with Gasteiger partial charge in [-0.25, -0.2) is 0 Å². The summed E-state index contributed by atoms with van der Waals surface area (Å²) in [6.45, 7) is 1.62. The quantitative estimate of drug-likeness (QED) is 0.852. The summed E-state index contributed by atoms with van der Waals surface area (Å²) in [5, 5.41) is 11.9. The van der Waals surface area contributed by atoms with Gasteiger partial charge < -0.3 is 14.8 Å². The van der Waals surface area contributed by atoms with Crippen LogP contribution in [0.3, 0.4) is 0 Å². The average molecular weight is 231 g/mol. The van der Waals surface area contributed by atoms with Crippen LogP contribution < -0.4 is 5.32 Å². The van der Waals surface area contributed by atoms with Crippen LogP contribution in [0.4, 0.5) is 5.69 Å². The van der Waals surface area contributed by atoms with Gasteiger partial charge in [-0.1, -0.05) is 18.2 Å². The Balaban J connectivity index is 2.22. The van der Waals surface area contributed by atoms with Crippen LogP contribution in [0, 0.1) is 6.92 Å². The number of hydrogen-bond acceptors (Lipinski definition) is 3. The zero-order valence-electron chi connectivity index (χ0n) is 9.43. The van der Waals surface area contributed by atoms with Crippen molar-refractivity contribution in [2.24, 2.45) is 0 Å². The highest BCUT2D eigenvalue weighted by Crippen LogP contribution is 2.17. The van der Waals surface area contributed by atoms with Crippen LogP contribution in [-0.2, 0) is 6.61 Å². The summed E-state index contributed by atoms with van der Waals surface area (Å²) in [5.74, 6) is 0.334. The number of nitrogens with one attached hydrogen (secondary N) is 1. The lowest BCUT2D eigenvalue weighted by atomic mass is 10.1. The Morgan fingerprint density at radius 1 is 1.35 bits per heavy atom. The maximum Gasteiger partial charge on any atom is 0.259 e. The molecule has 0 spiro atoms. The molecule has 0 bridgehead atoms. The second-order valence-corrected chi connectivity index (χ2v) is 3.66. The number of para-hydroxylation sites is 1. The number of benzene rings is 1. The molecule has 0 radical (unpaired) electrons. The Hall–Kier alpha value is -2.07. The Morgan fingerprint density at radius 3 is 2.76 bits per heavy atom. The average Bonchev–Trinajstić information content (AvgIpc) is 2.76. The normalized spacial score (nSPS) is 10.2. The third kappa shape index (κ3) is 2.37. The van der Waals surface area contributed by atoms with Gasteiger partial charge in [0.1, 0.15) is 5.76 Å². The van der Waals surface area contributed by atoms with Gasteiger partial charge in [-0.3, -0.25) is 4.79 Å². The van der Waals surface area contributed by atoms with Crippen molar-refractivity contribution in [3.05, 3.63) is 53.5 Å². The number of carbonyl (C=O) groups is 1. The van der Waals surface area contributed by atoms with E-state index in [1.807, 2.05) is 6.07 Å². The fourth-order valence-electron chi connectivity index (χ4n) is 1.59. The predicted octanol–water partition coefficient (Wildman–Crippen LogP) is 2.33. The van der Waals surface area contributed by atoms with Crippen LogP contribution in [0.15, 0.2) is 41.0 Å². The van der Waals surface area contributed by atoms with E-state index in [0.29, 0.717) is 22.6 Å². The summed E-state index contributed by atoms with van der Waals surface area (Å²) >= 11 is 0. The molecule has 0 unspecified atom stereocenters. The summed E-state index contributed by atoms with van der Waals surface area (Å²) in [6.07, 6.45) is 1.47. The maximum atomic E-state index is 11.9. The van der Waals surface area contributed by atoms with Crippen LogP contribution in [0.2, 0.25) is 0 Å². The van der Waals surface area contributed by atoms with Crippen LogP contribution in [0.5, 0.6) is 0 Å². The van der Waals surface area contributed by atoms with Gasteiger partial charge in [-0.2, -0.15) is 0 Å². The molecule has 1 aromatic carbocycles. The molecule has 17 heavy (non-hydrogen) atoms. The van der Waals surface area contributed by atoms with E-state index in [1.54, 1.807) is 31.2 Å². The van der Waals surface area contributed by atoms with E-state index in [-0.39, 0.29) is 12.5 Å². The number of hydrogen-bond donors (Lipinski definition) is 2. The van der Waals surface area contributed by atoms with Gasteiger partial charge in [0.2, 0.25) is 0 Å². The largest absolute Gasteiger partial charge is 0.469 e. The number of aryl methyl sites for hydroxylation is 1. The van der Waals surface area contributed by atoms with Gasteiger partial charge in [-0.05, 0) is 19.1 Å². The molecule has 88 valence electrons. The number of anilines is 1. The van der Waals surface area contributed by atoms with Crippen LogP contribution in [0.25, 0.3) is 0 Å². The topological polar surface area (TPSA) is 62.5 Å². The highest BCUT2D eigenvalue weighted by molar-refractivity contribution is 6.05. The number of carbonyl (C=O) groups excluding carboxylic acids is 1. The Morgan fingerprint density at radius 2 is 2.12 bits per heavy atom. The monoisotopic (exact) mass is 231 g/mol. The van der Waals surface area contributed by atoms with Crippen molar-refractivity contribution in [1.29, 1.82) is 0 Å². The number of amides is 1. The SMILES string of the molecule is Cc1occc1C(=O)Nc1ccccc1CO. The number of aliphatic hydroxyl groups is 1. The van der Waals surface area contributed by atoms with Gasteiger partial charge in [-0.15, -0.1) is 0 Å². The molecule has 4 nitrogen and oxygen atoms in total. The molecule has 2 N–H and O–H groups in total. The first-order chi connectivity index (χ1) is 8.22. The third-order valence-electron chi connectivity index (χ3n) is 2.54. The molecule has 0 saturated heterocycles. The van der Waals surface area contributed by atoms with E-state index < -0.39 is 0 Å². The minimum atomic E-state index is -0.239. The van der Waals surface area contributed by atoms with E-state index >= 15 is 0 Å². The standard InChI is InChI=1S/C13H13NO3/c1-9-11(6-7-17-9)13(16)14-12-5-3-2-4-10(12)8-15/h2-7,15H,8H2,1H3,(H,14,16). The van der Waals surface area contributed by atoms with Crippen molar-refractivity contribution < 1.29 is 14.3 Å².